The number of hydrogen-bond donors (Lipinski definition) is 1. The van der Waals surface area contributed by atoms with Gasteiger partial charge in [0.05, 0.1) is 11.3 Å². The largest absolute Gasteiger partial charge is 0.396 e. The second-order valence-corrected chi connectivity index (χ2v) is 5.15. The molecule has 0 saturated carbocycles. The van der Waals surface area contributed by atoms with Gasteiger partial charge in [-0.25, -0.2) is 8.78 Å². The molecule has 6 heteroatoms. The standard InChI is InChI=1S/C14H19F2N3O/c1-3-10-8-19(5-4-18(10)2)14(20)11-6-9(15)7-12(17)13(11)16/h6-7,10H,3-5,8,17H2,1-2H3. The monoisotopic (exact) mass is 283 g/mol. The summed E-state index contributed by atoms with van der Waals surface area (Å²) >= 11 is 0. The van der Waals surface area contributed by atoms with Crippen LogP contribution in [0.15, 0.2) is 12.1 Å². The van der Waals surface area contributed by atoms with E-state index in [0.29, 0.717) is 13.1 Å². The average molecular weight is 283 g/mol. The van der Waals surface area contributed by atoms with E-state index in [1.807, 2.05) is 14.0 Å². The van der Waals surface area contributed by atoms with E-state index in [-0.39, 0.29) is 17.3 Å². The van der Waals surface area contributed by atoms with Crippen molar-refractivity contribution in [1.29, 1.82) is 0 Å². The topological polar surface area (TPSA) is 49.6 Å². The molecule has 1 atom stereocenters. The molecule has 1 amide bonds. The minimum absolute atomic E-state index is 0.238. The van der Waals surface area contributed by atoms with Crippen molar-refractivity contribution < 1.29 is 13.6 Å². The Morgan fingerprint density at radius 2 is 2.10 bits per heavy atom. The van der Waals surface area contributed by atoms with Gasteiger partial charge in [0.1, 0.15) is 5.82 Å². The summed E-state index contributed by atoms with van der Waals surface area (Å²) in [5.74, 6) is -2.04. The molecule has 20 heavy (non-hydrogen) atoms. The Bertz CT molecular complexity index is 521. The van der Waals surface area contributed by atoms with Crippen LogP contribution in [0.4, 0.5) is 14.5 Å². The van der Waals surface area contributed by atoms with Crippen LogP contribution in [0.1, 0.15) is 23.7 Å². The highest BCUT2D eigenvalue weighted by atomic mass is 19.1. The molecule has 1 unspecified atom stereocenters. The summed E-state index contributed by atoms with van der Waals surface area (Å²) in [6, 6.07) is 2.03. The van der Waals surface area contributed by atoms with Gasteiger partial charge in [-0.05, 0) is 25.6 Å². The highest BCUT2D eigenvalue weighted by molar-refractivity contribution is 5.95. The van der Waals surface area contributed by atoms with Crippen LogP contribution in [0.25, 0.3) is 0 Å². The maximum absolute atomic E-state index is 13.9. The van der Waals surface area contributed by atoms with Gasteiger partial charge < -0.3 is 10.6 Å². The number of rotatable bonds is 2. The average Bonchev–Trinajstić information content (AvgIpc) is 2.42. The third-order valence-electron chi connectivity index (χ3n) is 3.83. The fourth-order valence-electron chi connectivity index (χ4n) is 2.51. The summed E-state index contributed by atoms with van der Waals surface area (Å²) in [5, 5.41) is 0. The Hall–Kier alpha value is -1.69. The van der Waals surface area contributed by atoms with Gasteiger partial charge in [-0.15, -0.1) is 0 Å². The molecular weight excluding hydrogens is 264 g/mol. The quantitative estimate of drug-likeness (QED) is 0.841. The van der Waals surface area contributed by atoms with Crippen molar-refractivity contribution in [3.05, 3.63) is 29.3 Å². The van der Waals surface area contributed by atoms with Crippen LogP contribution < -0.4 is 5.73 Å². The van der Waals surface area contributed by atoms with Gasteiger partial charge >= 0.3 is 0 Å². The van der Waals surface area contributed by atoms with Crippen molar-refractivity contribution in [2.24, 2.45) is 0 Å². The van der Waals surface area contributed by atoms with Crippen molar-refractivity contribution in [2.45, 2.75) is 19.4 Å². The molecule has 1 aromatic rings. The lowest BCUT2D eigenvalue weighted by Gasteiger charge is -2.39. The second kappa shape index (κ2) is 5.75. The first-order chi connectivity index (χ1) is 9.43. The third kappa shape index (κ3) is 2.75. The summed E-state index contributed by atoms with van der Waals surface area (Å²) in [5.41, 5.74) is 4.74. The summed E-state index contributed by atoms with van der Waals surface area (Å²) in [7, 11) is 2.00. The molecule has 1 aliphatic heterocycles. The zero-order valence-corrected chi connectivity index (χ0v) is 11.7. The van der Waals surface area contributed by atoms with Gasteiger partial charge in [0.2, 0.25) is 0 Å². The predicted molar refractivity (Wildman–Crippen MR) is 73.4 cm³/mol. The predicted octanol–water partition coefficient (Wildman–Crippen LogP) is 1.71. The molecule has 0 aromatic heterocycles. The van der Waals surface area contributed by atoms with Gasteiger partial charge in [-0.2, -0.15) is 0 Å². The lowest BCUT2D eigenvalue weighted by molar-refractivity contribution is 0.0537. The Morgan fingerprint density at radius 1 is 1.40 bits per heavy atom. The van der Waals surface area contributed by atoms with Crippen molar-refractivity contribution in [2.75, 3.05) is 32.4 Å². The first-order valence-electron chi connectivity index (χ1n) is 6.68. The maximum Gasteiger partial charge on any atom is 0.257 e. The van der Waals surface area contributed by atoms with Crippen LogP contribution in [0, 0.1) is 11.6 Å². The Balaban J connectivity index is 2.24. The number of halogens is 2. The molecule has 4 nitrogen and oxygen atoms in total. The molecule has 110 valence electrons. The number of nitrogens with zero attached hydrogens (tertiary/aromatic N) is 2. The molecule has 0 aliphatic carbocycles. The summed E-state index contributed by atoms with van der Waals surface area (Å²) in [6.45, 7) is 3.77. The number of carbonyl (C=O) groups excluding carboxylic acids is 1. The van der Waals surface area contributed by atoms with Gasteiger partial charge in [-0.1, -0.05) is 6.92 Å². The van der Waals surface area contributed by atoms with Crippen LogP contribution >= 0.6 is 0 Å². The number of nitrogen functional groups attached to an aromatic ring is 1. The fourth-order valence-corrected chi connectivity index (χ4v) is 2.51. The molecule has 2 N–H and O–H groups in total. The molecule has 0 spiro atoms. The molecule has 0 radical (unpaired) electrons. The molecule has 0 bridgehead atoms. The number of likely N-dealkylation sites (N-methyl/N-ethyl adjacent to an activating group) is 1. The first-order valence-corrected chi connectivity index (χ1v) is 6.68. The molecule has 2 rings (SSSR count). The van der Waals surface area contributed by atoms with Crippen LogP contribution in [0.2, 0.25) is 0 Å². The van der Waals surface area contributed by atoms with Crippen LogP contribution in [-0.4, -0.2) is 48.4 Å². The van der Waals surface area contributed by atoms with Gasteiger partial charge in [0.15, 0.2) is 5.82 Å². The Labute approximate surface area is 117 Å². The van der Waals surface area contributed by atoms with Gasteiger partial charge in [0, 0.05) is 25.7 Å². The molecule has 1 heterocycles. The summed E-state index contributed by atoms with van der Waals surface area (Å²) in [4.78, 5) is 16.1. The molecule has 1 aliphatic rings. The lowest BCUT2D eigenvalue weighted by atomic mass is 10.1. The van der Waals surface area contributed by atoms with Gasteiger partial charge in [-0.3, -0.25) is 9.69 Å². The second-order valence-electron chi connectivity index (χ2n) is 5.15. The molecule has 1 aromatic carbocycles. The molecule has 1 fully saturated rings. The zero-order chi connectivity index (χ0) is 14.9. The Kier molecular flexibility index (Phi) is 4.23. The third-order valence-corrected chi connectivity index (χ3v) is 3.83. The van der Waals surface area contributed by atoms with E-state index in [9.17, 15) is 13.6 Å². The summed E-state index contributed by atoms with van der Waals surface area (Å²) in [6.07, 6.45) is 0.897. The van der Waals surface area contributed by atoms with Crippen molar-refractivity contribution in [3.63, 3.8) is 0 Å². The van der Waals surface area contributed by atoms with E-state index in [0.717, 1.165) is 25.1 Å². The van der Waals surface area contributed by atoms with E-state index < -0.39 is 17.5 Å². The van der Waals surface area contributed by atoms with Crippen LogP contribution in [0.3, 0.4) is 0 Å². The minimum Gasteiger partial charge on any atom is -0.396 e. The maximum atomic E-state index is 13.9. The van der Waals surface area contributed by atoms with E-state index in [1.165, 1.54) is 0 Å². The van der Waals surface area contributed by atoms with Crippen molar-refractivity contribution in [3.8, 4) is 0 Å². The number of amides is 1. The van der Waals surface area contributed by atoms with E-state index in [1.54, 1.807) is 4.90 Å². The number of piperazine rings is 1. The number of anilines is 1. The first kappa shape index (κ1) is 14.7. The SMILES string of the molecule is CCC1CN(C(=O)c2cc(F)cc(N)c2F)CCN1C. The van der Waals surface area contributed by atoms with Crippen molar-refractivity contribution >= 4 is 11.6 Å². The fraction of sp³-hybridized carbons (Fsp3) is 0.500. The normalized spacial score (nSPS) is 20.2. The van der Waals surface area contributed by atoms with E-state index in [2.05, 4.69) is 4.90 Å². The van der Waals surface area contributed by atoms with E-state index in [4.69, 9.17) is 5.73 Å². The number of hydrogen-bond acceptors (Lipinski definition) is 3. The smallest absolute Gasteiger partial charge is 0.257 e. The minimum atomic E-state index is -0.844. The van der Waals surface area contributed by atoms with E-state index >= 15 is 0 Å². The number of benzene rings is 1. The van der Waals surface area contributed by atoms with Crippen LogP contribution in [-0.2, 0) is 0 Å². The molecule has 1 saturated heterocycles. The number of carbonyl (C=O) groups is 1. The van der Waals surface area contributed by atoms with Crippen LogP contribution in [0.5, 0.6) is 0 Å². The Morgan fingerprint density at radius 3 is 2.75 bits per heavy atom. The highest BCUT2D eigenvalue weighted by Gasteiger charge is 2.28. The summed E-state index contributed by atoms with van der Waals surface area (Å²) < 4.78 is 27.2. The lowest BCUT2D eigenvalue weighted by Crippen LogP contribution is -2.53. The zero-order valence-electron chi connectivity index (χ0n) is 11.7. The van der Waals surface area contributed by atoms with Crippen molar-refractivity contribution in [1.82, 2.24) is 9.80 Å². The molecular formula is C14H19F2N3O. The number of nitrogens with two attached hydrogens (primary N) is 1. The highest BCUT2D eigenvalue weighted by Crippen LogP contribution is 2.21. The van der Waals surface area contributed by atoms with Gasteiger partial charge in [0.25, 0.3) is 5.91 Å².